The molecule has 0 radical (unpaired) electrons. The van der Waals surface area contributed by atoms with E-state index < -0.39 is 0 Å². The minimum absolute atomic E-state index is 0.586. The Kier molecular flexibility index (Phi) is 3.90. The largest absolute Gasteiger partial charge is 0.438 e. The number of fused-ring (bicyclic) bond motifs is 1. The minimum Gasteiger partial charge on any atom is -0.438 e. The van der Waals surface area contributed by atoms with Gasteiger partial charge < -0.3 is 4.74 Å². The zero-order valence-corrected chi connectivity index (χ0v) is 14.2. The van der Waals surface area contributed by atoms with Gasteiger partial charge in [-0.3, -0.25) is 4.98 Å². The Morgan fingerprint density at radius 1 is 0.880 bits per heavy atom. The molecule has 0 unspecified atom stereocenters. The van der Waals surface area contributed by atoms with Crippen LogP contribution in [0.2, 0.25) is 0 Å². The molecule has 2 heterocycles. The summed E-state index contributed by atoms with van der Waals surface area (Å²) in [5.41, 5.74) is 5.39. The van der Waals surface area contributed by atoms with Gasteiger partial charge >= 0.3 is 0 Å². The van der Waals surface area contributed by atoms with Gasteiger partial charge in [0.1, 0.15) is 5.75 Å². The van der Waals surface area contributed by atoms with E-state index in [2.05, 4.69) is 48.1 Å². The Balaban J connectivity index is 1.81. The third-order valence-corrected chi connectivity index (χ3v) is 4.17. The molecule has 0 spiro atoms. The number of rotatable bonds is 3. The number of nitrogens with zero attached hydrogens (tertiary/aromatic N) is 2. The predicted octanol–water partition coefficient (Wildman–Crippen LogP) is 5.71. The van der Waals surface area contributed by atoms with Crippen LogP contribution in [0.15, 0.2) is 73.1 Å². The SMILES string of the molecule is Cc1cc(C)c(Oc2ccc3cnccc3n2)c(-c2ccccc2)c1. The molecule has 0 amide bonds. The molecule has 4 rings (SSSR count). The van der Waals surface area contributed by atoms with E-state index in [9.17, 15) is 0 Å². The third-order valence-electron chi connectivity index (χ3n) is 4.17. The summed E-state index contributed by atoms with van der Waals surface area (Å²) in [5.74, 6) is 1.43. The molecule has 3 nitrogen and oxygen atoms in total. The normalized spacial score (nSPS) is 10.8. The summed E-state index contributed by atoms with van der Waals surface area (Å²) in [6.45, 7) is 4.17. The van der Waals surface area contributed by atoms with Crippen LogP contribution < -0.4 is 4.74 Å². The lowest BCUT2D eigenvalue weighted by Gasteiger charge is -2.15. The fraction of sp³-hybridized carbons (Fsp3) is 0.0909. The smallest absolute Gasteiger partial charge is 0.219 e. The van der Waals surface area contributed by atoms with Gasteiger partial charge in [0.2, 0.25) is 5.88 Å². The highest BCUT2D eigenvalue weighted by molar-refractivity contribution is 5.78. The second-order valence-electron chi connectivity index (χ2n) is 6.14. The Hall–Kier alpha value is -3.20. The van der Waals surface area contributed by atoms with Crippen molar-refractivity contribution in [2.45, 2.75) is 13.8 Å². The summed E-state index contributed by atoms with van der Waals surface area (Å²) in [7, 11) is 0. The van der Waals surface area contributed by atoms with Crippen molar-refractivity contribution in [2.75, 3.05) is 0 Å². The minimum atomic E-state index is 0.586. The van der Waals surface area contributed by atoms with Gasteiger partial charge in [-0.2, -0.15) is 0 Å². The summed E-state index contributed by atoms with van der Waals surface area (Å²) < 4.78 is 6.23. The van der Waals surface area contributed by atoms with Crippen LogP contribution in [0.4, 0.5) is 0 Å². The van der Waals surface area contributed by atoms with Crippen LogP contribution in [0.3, 0.4) is 0 Å². The molecule has 2 aromatic heterocycles. The standard InChI is InChI=1S/C22H18N2O/c1-15-12-16(2)22(19(13-15)17-6-4-3-5-7-17)25-21-9-8-18-14-23-11-10-20(18)24-21/h3-14H,1-2H3. The number of ether oxygens (including phenoxy) is 1. The number of benzene rings is 2. The molecule has 0 aliphatic heterocycles. The second-order valence-corrected chi connectivity index (χ2v) is 6.14. The Morgan fingerprint density at radius 3 is 2.56 bits per heavy atom. The van der Waals surface area contributed by atoms with Gasteiger partial charge in [0, 0.05) is 29.4 Å². The molecule has 0 aliphatic rings. The summed E-state index contributed by atoms with van der Waals surface area (Å²) in [6, 6.07) is 20.3. The molecule has 0 bridgehead atoms. The van der Waals surface area contributed by atoms with Crippen molar-refractivity contribution >= 4 is 10.9 Å². The van der Waals surface area contributed by atoms with Crippen molar-refractivity contribution in [1.82, 2.24) is 9.97 Å². The number of pyridine rings is 2. The molecule has 0 saturated carbocycles. The van der Waals surface area contributed by atoms with Crippen LogP contribution in [0.25, 0.3) is 22.0 Å². The Labute approximate surface area is 147 Å². The number of hydrogen-bond acceptors (Lipinski definition) is 3. The lowest BCUT2D eigenvalue weighted by Crippen LogP contribution is -1.95. The zero-order valence-electron chi connectivity index (χ0n) is 14.2. The van der Waals surface area contributed by atoms with E-state index in [0.717, 1.165) is 33.3 Å². The van der Waals surface area contributed by atoms with Crippen molar-refractivity contribution < 1.29 is 4.74 Å². The van der Waals surface area contributed by atoms with Crippen LogP contribution >= 0.6 is 0 Å². The van der Waals surface area contributed by atoms with E-state index in [1.807, 2.05) is 36.4 Å². The fourth-order valence-corrected chi connectivity index (χ4v) is 3.03. The maximum absolute atomic E-state index is 6.23. The quantitative estimate of drug-likeness (QED) is 0.484. The molecular formula is C22H18N2O. The van der Waals surface area contributed by atoms with E-state index in [4.69, 9.17) is 4.74 Å². The van der Waals surface area contributed by atoms with E-state index in [1.165, 1.54) is 5.56 Å². The number of aromatic nitrogens is 2. The molecule has 0 N–H and O–H groups in total. The zero-order chi connectivity index (χ0) is 17.2. The molecule has 0 saturated heterocycles. The maximum Gasteiger partial charge on any atom is 0.219 e. The molecule has 3 heteroatoms. The van der Waals surface area contributed by atoms with Gasteiger partial charge in [-0.05, 0) is 48.7 Å². The van der Waals surface area contributed by atoms with E-state index in [-0.39, 0.29) is 0 Å². The highest BCUT2D eigenvalue weighted by Crippen LogP contribution is 2.37. The van der Waals surface area contributed by atoms with Crippen LogP contribution in [0.5, 0.6) is 11.6 Å². The van der Waals surface area contributed by atoms with Crippen molar-refractivity contribution in [3.8, 4) is 22.8 Å². The average molecular weight is 326 g/mol. The summed E-state index contributed by atoms with van der Waals surface area (Å²) in [5, 5.41) is 0.999. The van der Waals surface area contributed by atoms with E-state index >= 15 is 0 Å². The Bertz CT molecular complexity index is 1040. The number of aryl methyl sites for hydroxylation is 2. The average Bonchev–Trinajstić information content (AvgIpc) is 2.64. The first-order valence-electron chi connectivity index (χ1n) is 8.26. The first-order valence-corrected chi connectivity index (χ1v) is 8.26. The maximum atomic E-state index is 6.23. The van der Waals surface area contributed by atoms with Gasteiger partial charge in [0.25, 0.3) is 0 Å². The lowest BCUT2D eigenvalue weighted by atomic mass is 9.99. The van der Waals surface area contributed by atoms with Crippen molar-refractivity contribution in [3.63, 3.8) is 0 Å². The summed E-state index contributed by atoms with van der Waals surface area (Å²) in [6.07, 6.45) is 3.55. The monoisotopic (exact) mass is 326 g/mol. The molecule has 25 heavy (non-hydrogen) atoms. The molecule has 122 valence electrons. The molecule has 0 atom stereocenters. The molecule has 2 aromatic carbocycles. The van der Waals surface area contributed by atoms with Crippen molar-refractivity contribution in [2.24, 2.45) is 0 Å². The van der Waals surface area contributed by atoms with E-state index in [1.54, 1.807) is 12.4 Å². The van der Waals surface area contributed by atoms with E-state index in [0.29, 0.717) is 5.88 Å². The highest BCUT2D eigenvalue weighted by Gasteiger charge is 2.12. The first-order chi connectivity index (χ1) is 12.2. The van der Waals surface area contributed by atoms with Crippen LogP contribution in [0.1, 0.15) is 11.1 Å². The van der Waals surface area contributed by atoms with Crippen molar-refractivity contribution in [1.29, 1.82) is 0 Å². The van der Waals surface area contributed by atoms with Gasteiger partial charge in [0.15, 0.2) is 0 Å². The predicted molar refractivity (Wildman–Crippen MR) is 101 cm³/mol. The van der Waals surface area contributed by atoms with Crippen molar-refractivity contribution in [3.05, 3.63) is 84.2 Å². The van der Waals surface area contributed by atoms with Crippen LogP contribution in [0, 0.1) is 13.8 Å². The first kappa shape index (κ1) is 15.3. The number of hydrogen-bond donors (Lipinski definition) is 0. The summed E-state index contributed by atoms with van der Waals surface area (Å²) >= 11 is 0. The topological polar surface area (TPSA) is 35.0 Å². The molecule has 4 aromatic rings. The highest BCUT2D eigenvalue weighted by atomic mass is 16.5. The molecular weight excluding hydrogens is 308 g/mol. The third kappa shape index (κ3) is 3.09. The van der Waals surface area contributed by atoms with Crippen LogP contribution in [-0.2, 0) is 0 Å². The van der Waals surface area contributed by atoms with Gasteiger partial charge in [-0.25, -0.2) is 4.98 Å². The van der Waals surface area contributed by atoms with Crippen LogP contribution in [-0.4, -0.2) is 9.97 Å². The molecule has 0 fully saturated rings. The second kappa shape index (κ2) is 6.36. The molecule has 0 aliphatic carbocycles. The summed E-state index contributed by atoms with van der Waals surface area (Å²) in [4.78, 5) is 8.73. The lowest BCUT2D eigenvalue weighted by molar-refractivity contribution is 0.463. The van der Waals surface area contributed by atoms with Gasteiger partial charge in [-0.15, -0.1) is 0 Å². The Morgan fingerprint density at radius 2 is 1.72 bits per heavy atom. The van der Waals surface area contributed by atoms with Gasteiger partial charge in [0.05, 0.1) is 5.52 Å². The van der Waals surface area contributed by atoms with Gasteiger partial charge in [-0.1, -0.05) is 36.4 Å². The fourth-order valence-electron chi connectivity index (χ4n) is 3.03.